The number of Topliss-reactive ketones (excluding diaryl/α,β-unsaturated/α-hetero) is 1. The van der Waals surface area contributed by atoms with Gasteiger partial charge in [0.2, 0.25) is 0 Å². The molecule has 4 aliphatic carbocycles. The van der Waals surface area contributed by atoms with Crippen LogP contribution in [0.5, 0.6) is 0 Å². The van der Waals surface area contributed by atoms with Crippen molar-refractivity contribution in [1.82, 2.24) is 0 Å². The molecule has 8 atom stereocenters. The van der Waals surface area contributed by atoms with Gasteiger partial charge in [-0.2, -0.15) is 17.6 Å². The molecule has 0 amide bonds. The van der Waals surface area contributed by atoms with Gasteiger partial charge in [-0.3, -0.25) is 4.79 Å². The molecule has 3 unspecified atom stereocenters. The highest BCUT2D eigenvalue weighted by atomic mass is 19.3. The van der Waals surface area contributed by atoms with E-state index in [1.54, 1.807) is 6.92 Å². The molecule has 5 nitrogen and oxygen atoms in total. The maximum Gasteiger partial charge on any atom is 0.415 e. The van der Waals surface area contributed by atoms with E-state index < -0.39 is 29.9 Å². The molecular formula is C25H34F4O5. The van der Waals surface area contributed by atoms with Crippen LogP contribution in [0.1, 0.15) is 78.6 Å². The number of fused-ring (bicyclic) bond motifs is 5. The molecule has 0 aliphatic heterocycles. The summed E-state index contributed by atoms with van der Waals surface area (Å²) < 4.78 is 59.3. The van der Waals surface area contributed by atoms with Crippen molar-refractivity contribution in [3.05, 3.63) is 0 Å². The number of esters is 1. The lowest BCUT2D eigenvalue weighted by Crippen LogP contribution is -2.56. The molecule has 0 spiro atoms. The van der Waals surface area contributed by atoms with Crippen molar-refractivity contribution in [2.45, 2.75) is 96.5 Å². The zero-order valence-electron chi connectivity index (χ0n) is 19.9. The zero-order chi connectivity index (χ0) is 25.3. The average molecular weight is 491 g/mol. The summed E-state index contributed by atoms with van der Waals surface area (Å²) in [6, 6.07) is 0. The van der Waals surface area contributed by atoms with E-state index in [0.29, 0.717) is 30.6 Å². The molecule has 0 aromatic rings. The standard InChI is InChI=1S/C25H34F4O5/c1-13(30)17-6-7-18-16-5-4-14-12-15(34-21(33)25(28,29)24(26,27)20(31)32)8-10-22(14,2)19(16)9-11-23(17,18)3/h14-19H,4-12H2,1-3H3,(H,31,32)/t14-,15-,16?,17-,18?,19?,22+,23-/m1/s1. The number of ketones is 1. The third-order valence-electron chi connectivity index (χ3n) is 10.3. The predicted molar refractivity (Wildman–Crippen MR) is 113 cm³/mol. The van der Waals surface area contributed by atoms with Crippen LogP contribution in [0.15, 0.2) is 0 Å². The quantitative estimate of drug-likeness (QED) is 0.407. The fourth-order valence-electron chi connectivity index (χ4n) is 8.48. The third-order valence-corrected chi connectivity index (χ3v) is 10.3. The maximum atomic E-state index is 13.9. The van der Waals surface area contributed by atoms with Crippen molar-refractivity contribution in [3.8, 4) is 0 Å². The molecule has 4 fully saturated rings. The highest BCUT2D eigenvalue weighted by Gasteiger charge is 2.69. The fraction of sp³-hybridized carbons (Fsp3) is 0.880. The van der Waals surface area contributed by atoms with Crippen molar-refractivity contribution in [1.29, 1.82) is 0 Å². The first-order valence-corrected chi connectivity index (χ1v) is 12.4. The minimum atomic E-state index is -5.53. The van der Waals surface area contributed by atoms with Gasteiger partial charge in [0.1, 0.15) is 11.9 Å². The van der Waals surface area contributed by atoms with Gasteiger partial charge in [0.25, 0.3) is 0 Å². The molecule has 0 radical (unpaired) electrons. The Bertz CT molecular complexity index is 875. The number of hydrogen-bond donors (Lipinski definition) is 1. The highest BCUT2D eigenvalue weighted by Crippen LogP contribution is 2.67. The monoisotopic (exact) mass is 490 g/mol. The lowest BCUT2D eigenvalue weighted by atomic mass is 9.44. The summed E-state index contributed by atoms with van der Waals surface area (Å²) in [5.41, 5.74) is -0.0289. The molecule has 9 heteroatoms. The molecule has 4 saturated carbocycles. The van der Waals surface area contributed by atoms with Crippen LogP contribution >= 0.6 is 0 Å². The van der Waals surface area contributed by atoms with E-state index in [2.05, 4.69) is 13.8 Å². The van der Waals surface area contributed by atoms with Crippen molar-refractivity contribution in [2.75, 3.05) is 0 Å². The van der Waals surface area contributed by atoms with E-state index in [0.717, 1.165) is 38.5 Å². The summed E-state index contributed by atoms with van der Waals surface area (Å²) in [6.45, 7) is 6.19. The van der Waals surface area contributed by atoms with Gasteiger partial charge in [-0.1, -0.05) is 13.8 Å². The van der Waals surface area contributed by atoms with Crippen molar-refractivity contribution < 1.29 is 41.8 Å². The Morgan fingerprint density at radius 2 is 1.47 bits per heavy atom. The van der Waals surface area contributed by atoms with E-state index in [4.69, 9.17) is 9.84 Å². The van der Waals surface area contributed by atoms with Gasteiger partial charge in [-0.15, -0.1) is 0 Å². The summed E-state index contributed by atoms with van der Waals surface area (Å²) in [5.74, 6) is -14.6. The predicted octanol–water partition coefficient (Wildman–Crippen LogP) is 5.50. The topological polar surface area (TPSA) is 80.7 Å². The number of carbonyl (C=O) groups excluding carboxylic acids is 2. The molecule has 4 rings (SSSR count). The van der Waals surface area contributed by atoms with Crippen molar-refractivity contribution in [3.63, 3.8) is 0 Å². The molecular weight excluding hydrogens is 456 g/mol. The lowest BCUT2D eigenvalue weighted by Gasteiger charge is -2.61. The number of ether oxygens (including phenoxy) is 1. The number of carboxylic acids is 1. The zero-order valence-corrected chi connectivity index (χ0v) is 19.9. The molecule has 0 aromatic heterocycles. The number of aliphatic carboxylic acids is 1. The molecule has 0 saturated heterocycles. The first-order valence-electron chi connectivity index (χ1n) is 12.4. The maximum absolute atomic E-state index is 13.9. The van der Waals surface area contributed by atoms with Gasteiger partial charge in [0.05, 0.1) is 0 Å². The summed E-state index contributed by atoms with van der Waals surface area (Å²) in [6.07, 6.45) is 6.09. The van der Waals surface area contributed by atoms with Crippen LogP contribution in [0.2, 0.25) is 0 Å². The van der Waals surface area contributed by atoms with Gasteiger partial charge in [0.15, 0.2) is 0 Å². The normalized spacial score (nSPS) is 42.2. The summed E-state index contributed by atoms with van der Waals surface area (Å²) >= 11 is 0. The van der Waals surface area contributed by atoms with Crippen LogP contribution in [-0.2, 0) is 19.1 Å². The largest absolute Gasteiger partial charge is 0.477 e. The fourth-order valence-corrected chi connectivity index (χ4v) is 8.48. The van der Waals surface area contributed by atoms with Gasteiger partial charge < -0.3 is 9.84 Å². The van der Waals surface area contributed by atoms with E-state index in [-0.39, 0.29) is 34.9 Å². The average Bonchev–Trinajstić information content (AvgIpc) is 3.11. The molecule has 192 valence electrons. The molecule has 4 aliphatic rings. The van der Waals surface area contributed by atoms with Crippen molar-refractivity contribution >= 4 is 17.7 Å². The van der Waals surface area contributed by atoms with Gasteiger partial charge in [0, 0.05) is 5.92 Å². The Kier molecular flexibility index (Phi) is 6.12. The molecule has 0 bridgehead atoms. The highest BCUT2D eigenvalue weighted by molar-refractivity contribution is 5.89. The van der Waals surface area contributed by atoms with Crippen LogP contribution in [-0.4, -0.2) is 40.8 Å². The SMILES string of the molecule is CC(=O)[C@H]1CCC2C3CC[C@@H]4C[C@H](OC(=O)C(F)(F)C(F)(F)C(=O)O)CC[C@]4(C)C3CC[C@@]21C. The Morgan fingerprint density at radius 1 is 0.853 bits per heavy atom. The Hall–Kier alpha value is -1.67. The lowest BCUT2D eigenvalue weighted by molar-refractivity contribution is -0.239. The second kappa shape index (κ2) is 8.19. The van der Waals surface area contributed by atoms with E-state index in [1.165, 1.54) is 0 Å². The van der Waals surface area contributed by atoms with Gasteiger partial charge >= 0.3 is 23.8 Å². The van der Waals surface area contributed by atoms with Crippen LogP contribution in [0, 0.1) is 40.4 Å². The first-order chi connectivity index (χ1) is 15.7. The molecule has 0 aromatic carbocycles. The molecule has 34 heavy (non-hydrogen) atoms. The summed E-state index contributed by atoms with van der Waals surface area (Å²) in [4.78, 5) is 34.7. The van der Waals surface area contributed by atoms with Crippen molar-refractivity contribution in [2.24, 2.45) is 40.4 Å². The number of rotatable bonds is 5. The smallest absolute Gasteiger partial charge is 0.415 e. The van der Waals surface area contributed by atoms with Gasteiger partial charge in [-0.25, -0.2) is 9.59 Å². The van der Waals surface area contributed by atoms with Crippen LogP contribution in [0.25, 0.3) is 0 Å². The summed E-state index contributed by atoms with van der Waals surface area (Å²) in [7, 11) is 0. The third kappa shape index (κ3) is 3.58. The molecule has 1 N–H and O–H groups in total. The second-order valence-corrected chi connectivity index (χ2v) is 11.7. The minimum Gasteiger partial charge on any atom is -0.477 e. The van der Waals surface area contributed by atoms with E-state index in [9.17, 15) is 31.9 Å². The number of carbonyl (C=O) groups is 3. The minimum absolute atomic E-state index is 0.0316. The van der Waals surface area contributed by atoms with E-state index >= 15 is 0 Å². The number of alkyl halides is 4. The Labute approximate surface area is 197 Å². The second-order valence-electron chi connectivity index (χ2n) is 11.7. The van der Waals surface area contributed by atoms with E-state index in [1.807, 2.05) is 0 Å². The summed E-state index contributed by atoms with van der Waals surface area (Å²) in [5, 5.41) is 8.40. The van der Waals surface area contributed by atoms with Crippen LogP contribution < -0.4 is 0 Å². The molecule has 0 heterocycles. The number of hydrogen-bond acceptors (Lipinski definition) is 4. The van der Waals surface area contributed by atoms with Crippen LogP contribution in [0.3, 0.4) is 0 Å². The number of carboxylic acid groups (broad SMARTS) is 1. The Morgan fingerprint density at radius 3 is 2.09 bits per heavy atom. The van der Waals surface area contributed by atoms with Gasteiger partial charge in [-0.05, 0) is 99.2 Å². The van der Waals surface area contributed by atoms with Crippen LogP contribution in [0.4, 0.5) is 17.6 Å². The first kappa shape index (κ1) is 25.4. The Balaban J connectivity index is 1.45. The number of halogens is 4.